The molecule has 0 bridgehead atoms. The van der Waals surface area contributed by atoms with E-state index in [1.54, 1.807) is 0 Å². The third kappa shape index (κ3) is 5.35. The average Bonchev–Trinajstić information content (AvgIpc) is 2.12. The lowest BCUT2D eigenvalue weighted by Crippen LogP contribution is -2.48. The fraction of sp³-hybridized carbons (Fsp3) is 0.917. The van der Waals surface area contributed by atoms with Crippen molar-refractivity contribution in [3.63, 3.8) is 0 Å². The van der Waals surface area contributed by atoms with E-state index in [0.717, 1.165) is 6.42 Å². The van der Waals surface area contributed by atoms with Crippen molar-refractivity contribution in [2.75, 3.05) is 6.54 Å². The molecule has 0 aromatic carbocycles. The summed E-state index contributed by atoms with van der Waals surface area (Å²) < 4.78 is 5.18. The first-order valence-electron chi connectivity index (χ1n) is 6.10. The minimum absolute atomic E-state index is 0.326. The summed E-state index contributed by atoms with van der Waals surface area (Å²) in [6.07, 6.45) is 3.25. The summed E-state index contributed by atoms with van der Waals surface area (Å²) in [6.45, 7) is 8.44. The summed E-state index contributed by atoms with van der Waals surface area (Å²) in [6, 6.07) is 0.940. The Morgan fingerprint density at radius 3 is 2.69 bits per heavy atom. The summed E-state index contributed by atoms with van der Waals surface area (Å²) in [5.74, 6) is 0. The van der Waals surface area contributed by atoms with Crippen LogP contribution in [0.3, 0.4) is 0 Å². The van der Waals surface area contributed by atoms with Crippen molar-refractivity contribution in [2.24, 2.45) is 0 Å². The largest absolute Gasteiger partial charge is 0.444 e. The van der Waals surface area contributed by atoms with Crippen LogP contribution >= 0.6 is 0 Å². The molecule has 1 rings (SSSR count). The second-order valence-corrected chi connectivity index (χ2v) is 5.58. The Morgan fingerprint density at radius 2 is 2.12 bits per heavy atom. The van der Waals surface area contributed by atoms with Gasteiger partial charge in [-0.3, -0.25) is 0 Å². The van der Waals surface area contributed by atoms with Gasteiger partial charge in [-0.2, -0.15) is 0 Å². The second-order valence-electron chi connectivity index (χ2n) is 5.58. The van der Waals surface area contributed by atoms with Crippen molar-refractivity contribution in [1.82, 2.24) is 10.6 Å². The predicted molar refractivity (Wildman–Crippen MR) is 64.5 cm³/mol. The number of rotatable bonds is 2. The van der Waals surface area contributed by atoms with Crippen molar-refractivity contribution in [3.05, 3.63) is 0 Å². The van der Waals surface area contributed by atoms with Crippen molar-refractivity contribution < 1.29 is 9.53 Å². The van der Waals surface area contributed by atoms with Gasteiger partial charge in [-0.15, -0.1) is 0 Å². The highest BCUT2D eigenvalue weighted by Gasteiger charge is 2.20. The van der Waals surface area contributed by atoms with Gasteiger partial charge < -0.3 is 15.4 Å². The molecular weight excluding hydrogens is 204 g/mol. The molecule has 2 atom stereocenters. The molecule has 1 saturated heterocycles. The van der Waals surface area contributed by atoms with Gasteiger partial charge in [0.15, 0.2) is 0 Å². The maximum atomic E-state index is 11.4. The Morgan fingerprint density at radius 1 is 1.44 bits per heavy atom. The first kappa shape index (κ1) is 13.3. The predicted octanol–water partition coefficient (Wildman–Crippen LogP) is 2.04. The second kappa shape index (κ2) is 5.53. The van der Waals surface area contributed by atoms with Gasteiger partial charge in [-0.1, -0.05) is 6.42 Å². The molecule has 4 heteroatoms. The van der Waals surface area contributed by atoms with E-state index < -0.39 is 5.60 Å². The third-order valence-electron chi connectivity index (χ3n) is 2.60. The number of hydrogen-bond donors (Lipinski definition) is 2. The minimum atomic E-state index is -0.419. The minimum Gasteiger partial charge on any atom is -0.444 e. The number of nitrogens with one attached hydrogen (secondary N) is 2. The quantitative estimate of drug-likeness (QED) is 0.760. The molecule has 1 heterocycles. The van der Waals surface area contributed by atoms with Crippen molar-refractivity contribution in [1.29, 1.82) is 0 Å². The molecule has 0 saturated carbocycles. The fourth-order valence-corrected chi connectivity index (χ4v) is 1.92. The summed E-state index contributed by atoms with van der Waals surface area (Å²) in [5.41, 5.74) is -0.419. The third-order valence-corrected chi connectivity index (χ3v) is 2.60. The number of carbonyl (C=O) groups is 1. The van der Waals surface area contributed by atoms with Gasteiger partial charge in [0, 0.05) is 18.6 Å². The van der Waals surface area contributed by atoms with E-state index in [0.29, 0.717) is 18.6 Å². The monoisotopic (exact) mass is 228 g/mol. The van der Waals surface area contributed by atoms with E-state index in [-0.39, 0.29) is 6.09 Å². The normalized spacial score (nSPS) is 26.2. The van der Waals surface area contributed by atoms with E-state index >= 15 is 0 Å². The molecule has 4 nitrogen and oxygen atoms in total. The van der Waals surface area contributed by atoms with Gasteiger partial charge >= 0.3 is 6.09 Å². The average molecular weight is 228 g/mol. The smallest absolute Gasteiger partial charge is 0.407 e. The van der Waals surface area contributed by atoms with E-state index in [1.165, 1.54) is 12.8 Å². The molecule has 16 heavy (non-hydrogen) atoms. The van der Waals surface area contributed by atoms with Crippen molar-refractivity contribution in [3.8, 4) is 0 Å². The van der Waals surface area contributed by atoms with Gasteiger partial charge in [-0.05, 0) is 40.5 Å². The first-order chi connectivity index (χ1) is 7.37. The maximum Gasteiger partial charge on any atom is 0.407 e. The van der Waals surface area contributed by atoms with E-state index in [2.05, 4.69) is 17.6 Å². The van der Waals surface area contributed by atoms with Crippen LogP contribution in [0.15, 0.2) is 0 Å². The zero-order chi connectivity index (χ0) is 12.2. The van der Waals surface area contributed by atoms with Crippen LogP contribution in [-0.4, -0.2) is 30.3 Å². The van der Waals surface area contributed by atoms with Gasteiger partial charge in [0.05, 0.1) is 0 Å². The van der Waals surface area contributed by atoms with E-state index in [4.69, 9.17) is 4.74 Å². The lowest BCUT2D eigenvalue weighted by Gasteiger charge is -2.29. The lowest BCUT2D eigenvalue weighted by atomic mass is 10.00. The molecule has 1 aliphatic rings. The lowest BCUT2D eigenvalue weighted by molar-refractivity contribution is 0.0519. The maximum absolute atomic E-state index is 11.4. The van der Waals surface area contributed by atoms with Crippen LogP contribution in [0.25, 0.3) is 0 Å². The van der Waals surface area contributed by atoms with Crippen LogP contribution in [0.2, 0.25) is 0 Å². The molecule has 1 aliphatic heterocycles. The number of carbonyl (C=O) groups excluding carboxylic acids is 1. The number of amides is 1. The molecule has 0 aliphatic carbocycles. The number of piperidine rings is 1. The van der Waals surface area contributed by atoms with Crippen LogP contribution in [0.5, 0.6) is 0 Å². The molecule has 94 valence electrons. The zero-order valence-corrected chi connectivity index (χ0v) is 10.8. The highest BCUT2D eigenvalue weighted by molar-refractivity contribution is 5.67. The molecule has 1 amide bonds. The van der Waals surface area contributed by atoms with Gasteiger partial charge in [-0.25, -0.2) is 4.79 Å². The summed E-state index contributed by atoms with van der Waals surface area (Å²) in [5, 5.41) is 6.27. The number of hydrogen-bond acceptors (Lipinski definition) is 3. The molecule has 0 radical (unpaired) electrons. The highest BCUT2D eigenvalue weighted by atomic mass is 16.6. The van der Waals surface area contributed by atoms with E-state index in [9.17, 15) is 4.79 Å². The molecule has 0 unspecified atom stereocenters. The highest BCUT2D eigenvalue weighted by Crippen LogP contribution is 2.12. The molecular formula is C12H24N2O2. The SMILES string of the molecule is C[C@@H]1CCC[C@@H](CNC(=O)OC(C)(C)C)N1. The first-order valence-corrected chi connectivity index (χ1v) is 6.10. The Hall–Kier alpha value is -0.770. The fourth-order valence-electron chi connectivity index (χ4n) is 1.92. The van der Waals surface area contributed by atoms with Gasteiger partial charge in [0.25, 0.3) is 0 Å². The standard InChI is InChI=1S/C12H24N2O2/c1-9-6-5-7-10(14-9)8-13-11(15)16-12(2,3)4/h9-10,14H,5-8H2,1-4H3,(H,13,15)/t9-,10+/m1/s1. The summed E-state index contributed by atoms with van der Waals surface area (Å²) in [7, 11) is 0. The van der Waals surface area contributed by atoms with Crippen molar-refractivity contribution in [2.45, 2.75) is 64.6 Å². The molecule has 0 aromatic rings. The van der Waals surface area contributed by atoms with Crippen LogP contribution in [0, 0.1) is 0 Å². The zero-order valence-electron chi connectivity index (χ0n) is 10.8. The van der Waals surface area contributed by atoms with Crippen LogP contribution in [0.1, 0.15) is 47.0 Å². The van der Waals surface area contributed by atoms with Crippen LogP contribution < -0.4 is 10.6 Å². The number of alkyl carbamates (subject to hydrolysis) is 1. The van der Waals surface area contributed by atoms with Crippen LogP contribution in [-0.2, 0) is 4.74 Å². The van der Waals surface area contributed by atoms with Crippen LogP contribution in [0.4, 0.5) is 4.79 Å². The molecule has 2 N–H and O–H groups in total. The van der Waals surface area contributed by atoms with Gasteiger partial charge in [0.1, 0.15) is 5.60 Å². The van der Waals surface area contributed by atoms with Gasteiger partial charge in [0.2, 0.25) is 0 Å². The molecule has 1 fully saturated rings. The van der Waals surface area contributed by atoms with Crippen molar-refractivity contribution >= 4 is 6.09 Å². The molecule has 0 spiro atoms. The van der Waals surface area contributed by atoms with E-state index in [1.807, 2.05) is 20.8 Å². The Kier molecular flexibility index (Phi) is 4.59. The summed E-state index contributed by atoms with van der Waals surface area (Å²) >= 11 is 0. The Labute approximate surface area is 98.1 Å². The summed E-state index contributed by atoms with van der Waals surface area (Å²) in [4.78, 5) is 11.4. The number of ether oxygens (including phenoxy) is 1. The Balaban J connectivity index is 2.21. The molecule has 0 aromatic heterocycles. The Bertz CT molecular complexity index is 236. The topological polar surface area (TPSA) is 50.4 Å².